The van der Waals surface area contributed by atoms with Crippen LogP contribution < -0.4 is 15.6 Å². The minimum Gasteiger partial charge on any atom is -0.497 e. The number of methoxy groups -OCH3 is 1. The molecule has 1 N–H and O–H groups in total. The van der Waals surface area contributed by atoms with Crippen LogP contribution in [0.15, 0.2) is 53.3 Å². The number of nitrogens with zero attached hydrogens (tertiary/aromatic N) is 4. The number of amides is 1. The quantitative estimate of drug-likeness (QED) is 0.387. The molecule has 8 heteroatoms. The van der Waals surface area contributed by atoms with E-state index in [-0.39, 0.29) is 17.2 Å². The topological polar surface area (TPSA) is 81.4 Å². The fraction of sp³-hybridized carbons (Fsp3) is 0.346. The molecule has 1 amide bonds. The summed E-state index contributed by atoms with van der Waals surface area (Å²) in [4.78, 5) is 29.2. The number of hydrogen-bond donors (Lipinski definition) is 1. The van der Waals surface area contributed by atoms with E-state index in [1.54, 1.807) is 31.4 Å². The van der Waals surface area contributed by atoms with Gasteiger partial charge in [0.1, 0.15) is 11.3 Å². The number of fused-ring (bicyclic) bond motifs is 3. The highest BCUT2D eigenvalue weighted by Gasteiger charge is 2.23. The Labute approximate surface area is 198 Å². The van der Waals surface area contributed by atoms with E-state index in [4.69, 9.17) is 4.74 Å². The van der Waals surface area contributed by atoms with Gasteiger partial charge in [-0.15, -0.1) is 0 Å². The van der Waals surface area contributed by atoms with Gasteiger partial charge < -0.3 is 19.5 Å². The van der Waals surface area contributed by atoms with Crippen molar-refractivity contribution in [3.05, 3.63) is 64.6 Å². The van der Waals surface area contributed by atoms with Gasteiger partial charge in [0, 0.05) is 29.9 Å². The zero-order chi connectivity index (χ0) is 24.2. The summed E-state index contributed by atoms with van der Waals surface area (Å²) in [5.41, 5.74) is 1.84. The second-order valence-electron chi connectivity index (χ2n) is 8.20. The average Bonchev–Trinajstić information content (AvgIpc) is 3.17. The number of nitrogens with one attached hydrogen (secondary N) is 1. The lowest BCUT2D eigenvalue weighted by Gasteiger charge is -2.17. The van der Waals surface area contributed by atoms with Crippen LogP contribution >= 0.6 is 0 Å². The summed E-state index contributed by atoms with van der Waals surface area (Å²) in [6.07, 6.45) is 0.838. The monoisotopic (exact) mass is 461 g/mol. The molecule has 0 fully saturated rings. The standard InChI is InChI=1S/C26H31N5O3/c1-5-30(6-2)17-9-16-27-25(32)23-22-20-10-7-8-11-21(20)29(3)24(22)26(33)31(28-23)18-12-14-19(34-4)15-13-18/h7-8,10-15H,5-6,9,16-17H2,1-4H3,(H,27,32). The molecule has 0 unspecified atom stereocenters. The third kappa shape index (κ3) is 4.28. The van der Waals surface area contributed by atoms with E-state index >= 15 is 0 Å². The Bertz CT molecular complexity index is 1370. The summed E-state index contributed by atoms with van der Waals surface area (Å²) in [6, 6.07) is 14.7. The number of hydrogen-bond acceptors (Lipinski definition) is 5. The van der Waals surface area contributed by atoms with Crippen LogP contribution in [0, 0.1) is 0 Å². The summed E-state index contributed by atoms with van der Waals surface area (Å²) in [5.74, 6) is 0.386. The molecule has 0 aliphatic heterocycles. The highest BCUT2D eigenvalue weighted by Crippen LogP contribution is 2.28. The van der Waals surface area contributed by atoms with Crippen molar-refractivity contribution in [2.45, 2.75) is 20.3 Å². The maximum atomic E-state index is 13.6. The molecule has 0 saturated carbocycles. The Kier molecular flexibility index (Phi) is 6.98. The first kappa shape index (κ1) is 23.5. The molecule has 34 heavy (non-hydrogen) atoms. The normalized spacial score (nSPS) is 11.4. The van der Waals surface area contributed by atoms with Crippen molar-refractivity contribution in [2.75, 3.05) is 33.3 Å². The molecular weight excluding hydrogens is 430 g/mol. The number of carbonyl (C=O) groups is 1. The van der Waals surface area contributed by atoms with Crippen LogP contribution in [0.1, 0.15) is 30.8 Å². The summed E-state index contributed by atoms with van der Waals surface area (Å²) in [6.45, 7) is 7.67. The molecule has 0 aliphatic carbocycles. The molecular formula is C26H31N5O3. The maximum absolute atomic E-state index is 13.6. The Morgan fingerprint density at radius 3 is 2.47 bits per heavy atom. The third-order valence-corrected chi connectivity index (χ3v) is 6.30. The minimum atomic E-state index is -0.289. The first-order valence-electron chi connectivity index (χ1n) is 11.7. The molecule has 8 nitrogen and oxygen atoms in total. The summed E-state index contributed by atoms with van der Waals surface area (Å²) < 4.78 is 8.37. The SMILES string of the molecule is CCN(CC)CCCNC(=O)c1nn(-c2ccc(OC)cc2)c(=O)c2c1c1ccccc1n2C. The van der Waals surface area contributed by atoms with Gasteiger partial charge >= 0.3 is 0 Å². The predicted molar refractivity (Wildman–Crippen MR) is 135 cm³/mol. The van der Waals surface area contributed by atoms with Gasteiger partial charge in [0.15, 0.2) is 5.69 Å². The number of aryl methyl sites for hydroxylation is 1. The molecule has 2 aromatic carbocycles. The van der Waals surface area contributed by atoms with Crippen LogP contribution in [-0.4, -0.2) is 58.4 Å². The van der Waals surface area contributed by atoms with E-state index in [1.165, 1.54) is 4.68 Å². The van der Waals surface area contributed by atoms with Gasteiger partial charge in [-0.05, 0) is 56.4 Å². The zero-order valence-electron chi connectivity index (χ0n) is 20.2. The molecule has 0 spiro atoms. The fourth-order valence-electron chi connectivity index (χ4n) is 4.36. The van der Waals surface area contributed by atoms with Crippen molar-refractivity contribution in [2.24, 2.45) is 7.05 Å². The van der Waals surface area contributed by atoms with E-state index in [2.05, 4.69) is 29.2 Å². The van der Waals surface area contributed by atoms with Crippen molar-refractivity contribution in [3.63, 3.8) is 0 Å². The zero-order valence-corrected chi connectivity index (χ0v) is 20.2. The number of carbonyl (C=O) groups excluding carboxylic acids is 1. The summed E-state index contributed by atoms with van der Waals surface area (Å²) in [5, 5.41) is 8.99. The Hall–Kier alpha value is -3.65. The molecule has 0 bridgehead atoms. The van der Waals surface area contributed by atoms with Gasteiger partial charge in [-0.2, -0.15) is 9.78 Å². The third-order valence-electron chi connectivity index (χ3n) is 6.30. The van der Waals surface area contributed by atoms with Crippen molar-refractivity contribution in [1.29, 1.82) is 0 Å². The van der Waals surface area contributed by atoms with Gasteiger partial charge in [0.05, 0.1) is 12.8 Å². The van der Waals surface area contributed by atoms with Gasteiger partial charge in [-0.1, -0.05) is 32.0 Å². The largest absolute Gasteiger partial charge is 0.497 e. The Morgan fingerprint density at radius 2 is 1.79 bits per heavy atom. The summed E-state index contributed by atoms with van der Waals surface area (Å²) in [7, 11) is 3.43. The van der Waals surface area contributed by atoms with Gasteiger partial charge in [0.25, 0.3) is 11.5 Å². The first-order chi connectivity index (χ1) is 16.5. The molecule has 0 saturated heterocycles. The average molecular weight is 462 g/mol. The molecule has 4 rings (SSSR count). The van der Waals surface area contributed by atoms with E-state index < -0.39 is 0 Å². The van der Waals surface area contributed by atoms with Gasteiger partial charge in [0.2, 0.25) is 0 Å². The van der Waals surface area contributed by atoms with Crippen molar-refractivity contribution < 1.29 is 9.53 Å². The van der Waals surface area contributed by atoms with Crippen LogP contribution in [0.2, 0.25) is 0 Å². The van der Waals surface area contributed by atoms with E-state index in [9.17, 15) is 9.59 Å². The highest BCUT2D eigenvalue weighted by molar-refractivity contribution is 6.16. The second kappa shape index (κ2) is 10.1. The summed E-state index contributed by atoms with van der Waals surface area (Å²) >= 11 is 0. The molecule has 2 heterocycles. The van der Waals surface area contributed by atoms with Crippen LogP contribution in [0.25, 0.3) is 27.5 Å². The molecule has 2 aromatic heterocycles. The number of rotatable bonds is 9. The van der Waals surface area contributed by atoms with Crippen molar-refractivity contribution in [3.8, 4) is 11.4 Å². The molecule has 0 radical (unpaired) electrons. The van der Waals surface area contributed by atoms with Crippen molar-refractivity contribution in [1.82, 2.24) is 24.6 Å². The molecule has 0 aliphatic rings. The predicted octanol–water partition coefficient (Wildman–Crippen LogP) is 3.35. The lowest BCUT2D eigenvalue weighted by molar-refractivity contribution is 0.0947. The lowest BCUT2D eigenvalue weighted by atomic mass is 10.1. The molecule has 4 aromatic rings. The van der Waals surface area contributed by atoms with Crippen LogP contribution in [0.5, 0.6) is 5.75 Å². The maximum Gasteiger partial charge on any atom is 0.296 e. The first-order valence-corrected chi connectivity index (χ1v) is 11.7. The second-order valence-corrected chi connectivity index (χ2v) is 8.20. The molecule has 178 valence electrons. The van der Waals surface area contributed by atoms with E-state index in [0.717, 1.165) is 37.0 Å². The Balaban J connectivity index is 1.80. The lowest BCUT2D eigenvalue weighted by Crippen LogP contribution is -2.32. The van der Waals surface area contributed by atoms with E-state index in [0.29, 0.717) is 28.9 Å². The van der Waals surface area contributed by atoms with Crippen LogP contribution in [0.4, 0.5) is 0 Å². The Morgan fingerprint density at radius 1 is 1.09 bits per heavy atom. The van der Waals surface area contributed by atoms with Crippen molar-refractivity contribution >= 4 is 27.7 Å². The van der Waals surface area contributed by atoms with E-state index in [1.807, 2.05) is 35.9 Å². The van der Waals surface area contributed by atoms with Crippen LogP contribution in [0.3, 0.4) is 0 Å². The molecule has 0 atom stereocenters. The number of para-hydroxylation sites is 1. The van der Waals surface area contributed by atoms with Gasteiger partial charge in [-0.25, -0.2) is 0 Å². The smallest absolute Gasteiger partial charge is 0.296 e. The minimum absolute atomic E-state index is 0.241. The number of ether oxygens (including phenoxy) is 1. The van der Waals surface area contributed by atoms with Crippen LogP contribution in [-0.2, 0) is 7.05 Å². The van der Waals surface area contributed by atoms with Gasteiger partial charge in [-0.3, -0.25) is 9.59 Å². The highest BCUT2D eigenvalue weighted by atomic mass is 16.5. The fourth-order valence-corrected chi connectivity index (χ4v) is 4.36. The number of benzene rings is 2. The number of aromatic nitrogens is 3.